The van der Waals surface area contributed by atoms with Crippen molar-refractivity contribution in [3.63, 3.8) is 0 Å². The van der Waals surface area contributed by atoms with Gasteiger partial charge in [0.2, 0.25) is 0 Å². The first-order chi connectivity index (χ1) is 6.86. The number of allylic oxidation sites excluding steroid dienone is 1. The molecule has 0 N–H and O–H groups in total. The molecule has 0 aliphatic heterocycles. The number of hydrogen-bond donors (Lipinski definition) is 0. The summed E-state index contributed by atoms with van der Waals surface area (Å²) in [7, 11) is 0. The van der Waals surface area contributed by atoms with Gasteiger partial charge in [0.1, 0.15) is 0 Å². The number of aryl methyl sites for hydroxylation is 1. The second-order valence-electron chi connectivity index (χ2n) is 4.59. The van der Waals surface area contributed by atoms with Crippen LogP contribution in [0.5, 0.6) is 0 Å². The molecule has 0 amide bonds. The molecule has 1 saturated carbocycles. The van der Waals surface area contributed by atoms with Crippen LogP contribution in [0, 0.1) is 6.92 Å². The molecule has 0 nitrogen and oxygen atoms in total. The van der Waals surface area contributed by atoms with Crippen molar-refractivity contribution in [1.82, 2.24) is 0 Å². The molecule has 0 heteroatoms. The third-order valence-corrected chi connectivity index (χ3v) is 3.46. The number of benzene rings is 1. The second kappa shape index (κ2) is 2.98. The zero-order valence-electron chi connectivity index (χ0n) is 8.77. The monoisotopic (exact) mass is 184 g/mol. The summed E-state index contributed by atoms with van der Waals surface area (Å²) < 4.78 is 0. The Balaban J connectivity index is 1.97. The zero-order chi connectivity index (χ0) is 9.54. The van der Waals surface area contributed by atoms with Crippen molar-refractivity contribution in [2.24, 2.45) is 0 Å². The van der Waals surface area contributed by atoms with E-state index in [2.05, 4.69) is 25.1 Å². The molecule has 0 bridgehead atoms. The maximum atomic E-state index is 2.34. The van der Waals surface area contributed by atoms with Gasteiger partial charge in [-0.1, -0.05) is 35.8 Å². The Morgan fingerprint density at radius 1 is 0.929 bits per heavy atom. The minimum absolute atomic E-state index is 1.35. The maximum Gasteiger partial charge on any atom is -0.00968 e. The lowest BCUT2D eigenvalue weighted by Crippen LogP contribution is -1.92. The van der Waals surface area contributed by atoms with Gasteiger partial charge in [0.05, 0.1) is 0 Å². The summed E-state index contributed by atoms with van der Waals surface area (Å²) >= 11 is 0. The Labute approximate surface area is 85.6 Å². The van der Waals surface area contributed by atoms with E-state index in [0.717, 1.165) is 0 Å². The molecule has 72 valence electrons. The molecule has 0 spiro atoms. The first-order valence-corrected chi connectivity index (χ1v) is 5.70. The molecule has 0 radical (unpaired) electrons. The van der Waals surface area contributed by atoms with E-state index < -0.39 is 0 Å². The summed E-state index contributed by atoms with van der Waals surface area (Å²) in [6.07, 6.45) is 6.95. The molecular weight excluding hydrogens is 168 g/mol. The molecule has 0 atom stereocenters. The van der Waals surface area contributed by atoms with E-state index in [1.165, 1.54) is 43.2 Å². The number of rotatable bonds is 0. The predicted molar refractivity (Wildman–Crippen MR) is 60.3 cm³/mol. The van der Waals surface area contributed by atoms with Crippen molar-refractivity contribution in [2.45, 2.75) is 39.0 Å². The molecule has 0 unspecified atom stereocenters. The molecule has 1 fully saturated rings. The third kappa shape index (κ3) is 1.21. The fraction of sp³-hybridized carbons (Fsp3) is 0.429. The fourth-order valence-corrected chi connectivity index (χ4v) is 2.64. The quantitative estimate of drug-likeness (QED) is 0.579. The molecule has 0 aromatic heterocycles. The van der Waals surface area contributed by atoms with Gasteiger partial charge in [-0.2, -0.15) is 0 Å². The van der Waals surface area contributed by atoms with Crippen molar-refractivity contribution in [1.29, 1.82) is 0 Å². The van der Waals surface area contributed by atoms with Gasteiger partial charge in [0.25, 0.3) is 0 Å². The summed E-state index contributed by atoms with van der Waals surface area (Å²) in [6.45, 7) is 2.18. The van der Waals surface area contributed by atoms with Crippen LogP contribution in [-0.4, -0.2) is 0 Å². The van der Waals surface area contributed by atoms with Crippen LogP contribution in [0.4, 0.5) is 0 Å². The second-order valence-corrected chi connectivity index (χ2v) is 4.59. The van der Waals surface area contributed by atoms with Gasteiger partial charge in [-0.05, 0) is 49.3 Å². The standard InChI is InChI=1S/C14H16/c1-10-7-8-12-13(9-10)14(12)11-5-3-2-4-6-11/h7-9H,2-6H2,1H3. The minimum atomic E-state index is 1.35. The Bertz CT molecular complexity index is 402. The highest BCUT2D eigenvalue weighted by Gasteiger charge is 2.28. The van der Waals surface area contributed by atoms with Gasteiger partial charge in [0.15, 0.2) is 0 Å². The smallest absolute Gasteiger partial charge is 0.00968 e. The van der Waals surface area contributed by atoms with E-state index in [0.29, 0.717) is 0 Å². The molecule has 2 aliphatic rings. The topological polar surface area (TPSA) is 0 Å². The first kappa shape index (κ1) is 8.28. The lowest BCUT2D eigenvalue weighted by molar-refractivity contribution is 0.602. The Morgan fingerprint density at radius 2 is 1.71 bits per heavy atom. The Kier molecular flexibility index (Phi) is 1.76. The third-order valence-electron chi connectivity index (χ3n) is 3.46. The summed E-state index contributed by atoms with van der Waals surface area (Å²) in [4.78, 5) is 0. The van der Waals surface area contributed by atoms with Gasteiger partial charge in [-0.25, -0.2) is 0 Å². The van der Waals surface area contributed by atoms with Gasteiger partial charge >= 0.3 is 0 Å². The average molecular weight is 184 g/mol. The molecule has 0 heterocycles. The van der Waals surface area contributed by atoms with Crippen molar-refractivity contribution in [3.05, 3.63) is 40.5 Å². The van der Waals surface area contributed by atoms with Crippen LogP contribution >= 0.6 is 0 Å². The van der Waals surface area contributed by atoms with Crippen molar-refractivity contribution in [2.75, 3.05) is 0 Å². The van der Waals surface area contributed by atoms with E-state index in [1.807, 2.05) is 0 Å². The van der Waals surface area contributed by atoms with E-state index >= 15 is 0 Å². The van der Waals surface area contributed by atoms with Crippen LogP contribution in [0.1, 0.15) is 48.8 Å². The van der Waals surface area contributed by atoms with Crippen LogP contribution in [0.2, 0.25) is 0 Å². The number of fused-ring (bicyclic) bond motifs is 1. The van der Waals surface area contributed by atoms with Crippen LogP contribution < -0.4 is 0 Å². The molecule has 1 aromatic carbocycles. The van der Waals surface area contributed by atoms with Crippen molar-refractivity contribution >= 4 is 5.57 Å². The number of hydrogen-bond acceptors (Lipinski definition) is 0. The summed E-state index contributed by atoms with van der Waals surface area (Å²) in [5.74, 6) is 0. The molecule has 3 rings (SSSR count). The van der Waals surface area contributed by atoms with Crippen LogP contribution in [-0.2, 0) is 0 Å². The van der Waals surface area contributed by atoms with Crippen LogP contribution in [0.15, 0.2) is 23.8 Å². The lowest BCUT2D eigenvalue weighted by Gasteiger charge is -2.12. The van der Waals surface area contributed by atoms with Gasteiger partial charge in [0, 0.05) is 0 Å². The van der Waals surface area contributed by atoms with E-state index in [-0.39, 0.29) is 0 Å². The highest BCUT2D eigenvalue weighted by Crippen LogP contribution is 2.48. The van der Waals surface area contributed by atoms with Gasteiger partial charge in [-0.15, -0.1) is 0 Å². The van der Waals surface area contributed by atoms with Crippen molar-refractivity contribution < 1.29 is 0 Å². The van der Waals surface area contributed by atoms with Crippen molar-refractivity contribution in [3.8, 4) is 0 Å². The van der Waals surface area contributed by atoms with E-state index in [4.69, 9.17) is 0 Å². The maximum absolute atomic E-state index is 2.34. The fourth-order valence-electron chi connectivity index (χ4n) is 2.64. The first-order valence-electron chi connectivity index (χ1n) is 5.70. The SMILES string of the molecule is Cc1ccc2c(c1)C2=C1CCCCC1. The van der Waals surface area contributed by atoms with E-state index in [1.54, 1.807) is 16.7 Å². The largest absolute Gasteiger partial charge is 0.0617 e. The van der Waals surface area contributed by atoms with Gasteiger partial charge in [-0.3, -0.25) is 0 Å². The predicted octanol–water partition coefficient (Wildman–Crippen LogP) is 4.07. The molecule has 0 saturated heterocycles. The molecule has 1 aromatic rings. The summed E-state index contributed by atoms with van der Waals surface area (Å²) in [6, 6.07) is 6.86. The summed E-state index contributed by atoms with van der Waals surface area (Å²) in [5, 5.41) is 0. The summed E-state index contributed by atoms with van der Waals surface area (Å²) in [5.41, 5.74) is 7.83. The molecule has 2 aliphatic carbocycles. The average Bonchev–Trinajstić information content (AvgIpc) is 2.92. The normalized spacial score (nSPS) is 19.5. The minimum Gasteiger partial charge on any atom is -0.0617 e. The zero-order valence-corrected chi connectivity index (χ0v) is 8.77. The highest BCUT2D eigenvalue weighted by atomic mass is 14.3. The molecule has 14 heavy (non-hydrogen) atoms. The van der Waals surface area contributed by atoms with Gasteiger partial charge < -0.3 is 0 Å². The van der Waals surface area contributed by atoms with E-state index in [9.17, 15) is 0 Å². The lowest BCUT2D eigenvalue weighted by atomic mass is 9.93. The highest BCUT2D eigenvalue weighted by molar-refractivity contribution is 6.02. The Morgan fingerprint density at radius 3 is 2.43 bits per heavy atom. The molecular formula is C14H16. The Hall–Kier alpha value is -1.04. The van der Waals surface area contributed by atoms with Crippen LogP contribution in [0.25, 0.3) is 5.57 Å². The van der Waals surface area contributed by atoms with Crippen LogP contribution in [0.3, 0.4) is 0 Å².